The molecule has 3 nitrogen and oxygen atoms in total. The Bertz CT molecular complexity index is 289. The maximum atomic E-state index is 9.28. The number of benzene rings is 1. The van der Waals surface area contributed by atoms with Gasteiger partial charge in [0.1, 0.15) is 0 Å². The molecule has 1 fully saturated rings. The third kappa shape index (κ3) is 2.12. The second-order valence-corrected chi connectivity index (χ2v) is 3.71. The minimum Gasteiger partial charge on any atom is -0.366 e. The van der Waals surface area contributed by atoms with Crippen LogP contribution >= 0.6 is 0 Å². The van der Waals surface area contributed by atoms with Crippen LogP contribution in [-0.2, 0) is 11.4 Å². The first-order valence-corrected chi connectivity index (χ1v) is 4.91. The van der Waals surface area contributed by atoms with E-state index in [1.54, 1.807) is 0 Å². The molecule has 0 radical (unpaired) electrons. The molecule has 0 bridgehead atoms. The summed E-state index contributed by atoms with van der Waals surface area (Å²) >= 11 is 0. The van der Waals surface area contributed by atoms with Gasteiger partial charge in [0.05, 0.1) is 0 Å². The van der Waals surface area contributed by atoms with Gasteiger partial charge < -0.3 is 5.11 Å². The Morgan fingerprint density at radius 1 is 1.43 bits per heavy atom. The van der Waals surface area contributed by atoms with Crippen LogP contribution in [0, 0.1) is 0 Å². The predicted octanol–water partition coefficient (Wildman–Crippen LogP) is 1.53. The highest BCUT2D eigenvalue weighted by Gasteiger charge is 2.28. The third-order valence-electron chi connectivity index (χ3n) is 2.47. The smallest absolute Gasteiger partial charge is 0.176 e. The Balaban J connectivity index is 1.98. The van der Waals surface area contributed by atoms with Crippen molar-refractivity contribution < 1.29 is 9.94 Å². The average molecular weight is 193 g/mol. The lowest BCUT2D eigenvalue weighted by atomic mass is 10.2. The van der Waals surface area contributed by atoms with Crippen LogP contribution in [0.2, 0.25) is 0 Å². The van der Waals surface area contributed by atoms with Crippen molar-refractivity contribution in [3.8, 4) is 0 Å². The van der Waals surface area contributed by atoms with Crippen LogP contribution in [-0.4, -0.2) is 22.5 Å². The van der Waals surface area contributed by atoms with Gasteiger partial charge in [0.15, 0.2) is 6.29 Å². The van der Waals surface area contributed by atoms with Crippen LogP contribution in [0.3, 0.4) is 0 Å². The summed E-state index contributed by atoms with van der Waals surface area (Å²) in [6.07, 6.45) is 0.0565. The number of hydrogen-bond donors (Lipinski definition) is 1. The van der Waals surface area contributed by atoms with Crippen molar-refractivity contribution in [3.05, 3.63) is 35.9 Å². The van der Waals surface area contributed by atoms with E-state index in [0.717, 1.165) is 6.54 Å². The Kier molecular flexibility index (Phi) is 2.82. The molecule has 1 aromatic carbocycles. The first kappa shape index (κ1) is 9.65. The molecule has 3 heteroatoms. The molecule has 2 rings (SSSR count). The summed E-state index contributed by atoms with van der Waals surface area (Å²) in [4.78, 5) is 5.27. The van der Waals surface area contributed by atoms with E-state index in [1.807, 2.05) is 23.3 Å². The highest BCUT2D eigenvalue weighted by atomic mass is 16.8. The van der Waals surface area contributed by atoms with Crippen molar-refractivity contribution in [2.24, 2.45) is 0 Å². The van der Waals surface area contributed by atoms with Gasteiger partial charge in [-0.05, 0) is 12.5 Å². The quantitative estimate of drug-likeness (QED) is 0.773. The fraction of sp³-hybridized carbons (Fsp3) is 0.455. The van der Waals surface area contributed by atoms with Crippen LogP contribution in [0.5, 0.6) is 0 Å². The zero-order chi connectivity index (χ0) is 9.97. The van der Waals surface area contributed by atoms with Crippen molar-refractivity contribution in [1.29, 1.82) is 0 Å². The Labute approximate surface area is 83.9 Å². The van der Waals surface area contributed by atoms with Gasteiger partial charge in [0.25, 0.3) is 0 Å². The maximum absolute atomic E-state index is 9.28. The summed E-state index contributed by atoms with van der Waals surface area (Å²) in [5, 5.41) is 11.1. The average Bonchev–Trinajstić information content (AvgIpc) is 2.47. The zero-order valence-corrected chi connectivity index (χ0v) is 8.26. The molecule has 0 aromatic heterocycles. The Morgan fingerprint density at radius 2 is 2.14 bits per heavy atom. The lowest BCUT2D eigenvalue weighted by Gasteiger charge is -2.18. The maximum Gasteiger partial charge on any atom is 0.176 e. The van der Waals surface area contributed by atoms with E-state index in [0.29, 0.717) is 6.42 Å². The molecule has 1 aliphatic heterocycles. The van der Waals surface area contributed by atoms with Crippen molar-refractivity contribution >= 4 is 0 Å². The minimum absolute atomic E-state index is 0.283. The number of rotatable bonds is 2. The molecular formula is C11H15NO2. The van der Waals surface area contributed by atoms with Gasteiger partial charge in [-0.2, -0.15) is 5.06 Å². The lowest BCUT2D eigenvalue weighted by Crippen LogP contribution is -2.25. The zero-order valence-electron chi connectivity index (χ0n) is 8.26. The molecule has 0 aliphatic carbocycles. The molecule has 1 aliphatic rings. The second kappa shape index (κ2) is 4.09. The predicted molar refractivity (Wildman–Crippen MR) is 53.2 cm³/mol. The molecule has 1 N–H and O–H groups in total. The van der Waals surface area contributed by atoms with E-state index in [4.69, 9.17) is 4.84 Å². The number of aliphatic hydroxyl groups is 1. The van der Waals surface area contributed by atoms with E-state index in [-0.39, 0.29) is 6.04 Å². The monoisotopic (exact) mass is 193 g/mol. The van der Waals surface area contributed by atoms with Gasteiger partial charge in [0, 0.05) is 19.0 Å². The van der Waals surface area contributed by atoms with Crippen molar-refractivity contribution in [1.82, 2.24) is 5.06 Å². The van der Waals surface area contributed by atoms with E-state index in [1.165, 1.54) is 5.56 Å². The molecule has 0 amide bonds. The van der Waals surface area contributed by atoms with Crippen molar-refractivity contribution in [3.63, 3.8) is 0 Å². The van der Waals surface area contributed by atoms with Gasteiger partial charge in [-0.3, -0.25) is 4.84 Å². The summed E-state index contributed by atoms with van der Waals surface area (Å²) in [7, 11) is 0. The van der Waals surface area contributed by atoms with E-state index < -0.39 is 6.29 Å². The van der Waals surface area contributed by atoms with Crippen LogP contribution in [0.1, 0.15) is 18.9 Å². The van der Waals surface area contributed by atoms with E-state index >= 15 is 0 Å². The standard InChI is InChI=1S/C11H15NO2/c1-9-7-11(13)14-12(9)8-10-5-3-2-4-6-10/h2-6,9,11,13H,7-8H2,1H3. The largest absolute Gasteiger partial charge is 0.366 e. The SMILES string of the molecule is CC1CC(O)ON1Cc1ccccc1. The van der Waals surface area contributed by atoms with Crippen molar-refractivity contribution in [2.75, 3.05) is 0 Å². The molecule has 0 saturated carbocycles. The molecular weight excluding hydrogens is 178 g/mol. The van der Waals surface area contributed by atoms with Gasteiger partial charge in [-0.25, -0.2) is 0 Å². The molecule has 1 saturated heterocycles. The fourth-order valence-corrected chi connectivity index (χ4v) is 1.67. The lowest BCUT2D eigenvalue weighted by molar-refractivity contribution is -0.225. The van der Waals surface area contributed by atoms with Gasteiger partial charge in [-0.15, -0.1) is 0 Å². The topological polar surface area (TPSA) is 32.7 Å². The third-order valence-corrected chi connectivity index (χ3v) is 2.47. The fourth-order valence-electron chi connectivity index (χ4n) is 1.67. The Morgan fingerprint density at radius 3 is 2.71 bits per heavy atom. The number of hydroxylamine groups is 2. The minimum atomic E-state index is -0.631. The summed E-state index contributed by atoms with van der Waals surface area (Å²) in [5.41, 5.74) is 1.20. The van der Waals surface area contributed by atoms with Gasteiger partial charge >= 0.3 is 0 Å². The van der Waals surface area contributed by atoms with Gasteiger partial charge in [-0.1, -0.05) is 30.3 Å². The summed E-state index contributed by atoms with van der Waals surface area (Å²) < 4.78 is 0. The molecule has 1 heterocycles. The molecule has 2 unspecified atom stereocenters. The summed E-state index contributed by atoms with van der Waals surface area (Å²) in [6.45, 7) is 2.79. The van der Waals surface area contributed by atoms with Crippen LogP contribution in [0.25, 0.3) is 0 Å². The van der Waals surface area contributed by atoms with Gasteiger partial charge in [0.2, 0.25) is 0 Å². The van der Waals surface area contributed by atoms with Crippen LogP contribution < -0.4 is 0 Å². The van der Waals surface area contributed by atoms with E-state index in [2.05, 4.69) is 19.1 Å². The summed E-state index contributed by atoms with van der Waals surface area (Å²) in [6, 6.07) is 10.4. The second-order valence-electron chi connectivity index (χ2n) is 3.71. The molecule has 1 aromatic rings. The molecule has 0 spiro atoms. The Hall–Kier alpha value is -0.900. The number of nitrogens with zero attached hydrogens (tertiary/aromatic N) is 1. The van der Waals surface area contributed by atoms with Crippen LogP contribution in [0.15, 0.2) is 30.3 Å². The van der Waals surface area contributed by atoms with E-state index in [9.17, 15) is 5.11 Å². The molecule has 76 valence electrons. The molecule has 2 atom stereocenters. The van der Waals surface area contributed by atoms with Crippen LogP contribution in [0.4, 0.5) is 0 Å². The normalized spacial score (nSPS) is 28.1. The first-order valence-electron chi connectivity index (χ1n) is 4.91. The molecule has 14 heavy (non-hydrogen) atoms. The first-order chi connectivity index (χ1) is 6.75. The summed E-state index contributed by atoms with van der Waals surface area (Å²) in [5.74, 6) is 0. The number of aliphatic hydroxyl groups excluding tert-OH is 1. The number of hydrogen-bond acceptors (Lipinski definition) is 3. The highest BCUT2D eigenvalue weighted by molar-refractivity contribution is 5.14. The van der Waals surface area contributed by atoms with Crippen molar-refractivity contribution in [2.45, 2.75) is 32.2 Å². The highest BCUT2D eigenvalue weighted by Crippen LogP contribution is 2.21.